The zero-order valence-corrected chi connectivity index (χ0v) is 15.3. The minimum Gasteiger partial charge on any atom is -0.490 e. The van der Waals surface area contributed by atoms with Crippen molar-refractivity contribution in [2.75, 3.05) is 18.5 Å². The minimum absolute atomic E-state index is 0.254. The molecule has 0 atom stereocenters. The number of amides is 1. The van der Waals surface area contributed by atoms with Crippen LogP contribution in [-0.4, -0.2) is 24.1 Å². The third-order valence-electron chi connectivity index (χ3n) is 3.58. The van der Waals surface area contributed by atoms with Gasteiger partial charge in [-0.3, -0.25) is 4.79 Å². The smallest absolute Gasteiger partial charge is 0.267 e. The van der Waals surface area contributed by atoms with Crippen LogP contribution in [0.5, 0.6) is 11.5 Å². The molecule has 3 aromatic rings. The molecule has 0 saturated heterocycles. The van der Waals surface area contributed by atoms with Gasteiger partial charge in [-0.1, -0.05) is 11.6 Å². The highest BCUT2D eigenvalue weighted by molar-refractivity contribution is 7.17. The van der Waals surface area contributed by atoms with Crippen LogP contribution < -0.4 is 14.8 Å². The molecule has 0 saturated carbocycles. The Morgan fingerprint density at radius 1 is 1.24 bits per heavy atom. The molecule has 2 aromatic heterocycles. The molecule has 0 bridgehead atoms. The predicted molar refractivity (Wildman–Crippen MR) is 100 cm³/mol. The molecule has 4 rings (SSSR count). The number of hydrogen-bond acceptors (Lipinski definition) is 6. The summed E-state index contributed by atoms with van der Waals surface area (Å²) in [6.45, 7) is 1.15. The number of hydrogen-bond donors (Lipinski definition) is 1. The molecule has 3 heterocycles. The van der Waals surface area contributed by atoms with E-state index in [4.69, 9.17) is 21.1 Å². The van der Waals surface area contributed by atoms with E-state index in [0.717, 1.165) is 17.0 Å². The first-order chi connectivity index (χ1) is 12.2. The molecule has 0 unspecified atom stereocenters. The standard InChI is InChI=1S/C17H13ClN2O3S2/c18-11-6-13-14(23-4-1-3-22-13)7-12(11)20-16(21)15-8-19-17(25-15)10-2-5-24-9-10/h2,5-9H,1,3-4H2,(H,20,21). The van der Waals surface area contributed by atoms with E-state index in [-0.39, 0.29) is 5.91 Å². The molecule has 8 heteroatoms. The molecule has 1 aliphatic rings. The van der Waals surface area contributed by atoms with Gasteiger partial charge in [0.05, 0.1) is 30.1 Å². The first-order valence-electron chi connectivity index (χ1n) is 7.59. The largest absolute Gasteiger partial charge is 0.490 e. The molecule has 0 fully saturated rings. The fourth-order valence-electron chi connectivity index (χ4n) is 2.36. The van der Waals surface area contributed by atoms with Gasteiger partial charge in [0.15, 0.2) is 11.5 Å². The second-order valence-corrected chi connectivity index (χ2v) is 7.54. The average Bonchev–Trinajstić information content (AvgIpc) is 3.24. The van der Waals surface area contributed by atoms with Crippen LogP contribution in [0.25, 0.3) is 10.6 Å². The lowest BCUT2D eigenvalue weighted by molar-refractivity contribution is 0.103. The number of benzene rings is 1. The van der Waals surface area contributed by atoms with Crippen LogP contribution in [0.3, 0.4) is 0 Å². The van der Waals surface area contributed by atoms with Crippen LogP contribution in [0.2, 0.25) is 5.02 Å². The average molecular weight is 393 g/mol. The molecule has 0 radical (unpaired) electrons. The van der Waals surface area contributed by atoms with Crippen LogP contribution >= 0.6 is 34.3 Å². The monoisotopic (exact) mass is 392 g/mol. The minimum atomic E-state index is -0.254. The summed E-state index contributed by atoms with van der Waals surface area (Å²) >= 11 is 9.21. The lowest BCUT2D eigenvalue weighted by Gasteiger charge is -2.12. The Balaban J connectivity index is 1.56. The fourth-order valence-corrected chi connectivity index (χ4v) is 4.09. The van der Waals surface area contributed by atoms with Crippen LogP contribution in [0.4, 0.5) is 5.69 Å². The van der Waals surface area contributed by atoms with Gasteiger partial charge >= 0.3 is 0 Å². The van der Waals surface area contributed by atoms with E-state index in [0.29, 0.717) is 40.3 Å². The molecule has 0 spiro atoms. The summed E-state index contributed by atoms with van der Waals surface area (Å²) in [7, 11) is 0. The van der Waals surface area contributed by atoms with Crippen molar-refractivity contribution in [3.05, 3.63) is 45.1 Å². The van der Waals surface area contributed by atoms with Crippen LogP contribution in [0.1, 0.15) is 16.1 Å². The first-order valence-corrected chi connectivity index (χ1v) is 9.73. The number of halogens is 1. The second kappa shape index (κ2) is 7.03. The molecule has 128 valence electrons. The van der Waals surface area contributed by atoms with Gasteiger partial charge in [0.2, 0.25) is 0 Å². The van der Waals surface area contributed by atoms with Gasteiger partial charge in [-0.15, -0.1) is 11.3 Å². The number of fused-ring (bicyclic) bond motifs is 1. The number of ether oxygens (including phenoxy) is 2. The third kappa shape index (κ3) is 3.49. The molecule has 25 heavy (non-hydrogen) atoms. The van der Waals surface area contributed by atoms with Gasteiger partial charge < -0.3 is 14.8 Å². The molecule has 1 aromatic carbocycles. The number of carbonyl (C=O) groups excluding carboxylic acids is 1. The number of nitrogens with zero attached hydrogens (tertiary/aromatic N) is 1. The molecular formula is C17H13ClN2O3S2. The van der Waals surface area contributed by atoms with Crippen molar-refractivity contribution in [1.29, 1.82) is 0 Å². The number of rotatable bonds is 3. The van der Waals surface area contributed by atoms with E-state index in [1.807, 2.05) is 16.8 Å². The summed E-state index contributed by atoms with van der Waals surface area (Å²) in [6.07, 6.45) is 2.38. The second-order valence-electron chi connectivity index (χ2n) is 5.33. The Morgan fingerprint density at radius 2 is 2.04 bits per heavy atom. The lowest BCUT2D eigenvalue weighted by atomic mass is 10.2. The van der Waals surface area contributed by atoms with Crippen molar-refractivity contribution in [3.63, 3.8) is 0 Å². The molecular weight excluding hydrogens is 380 g/mol. The summed E-state index contributed by atoms with van der Waals surface area (Å²) in [5.74, 6) is 0.925. The van der Waals surface area contributed by atoms with E-state index in [2.05, 4.69) is 10.3 Å². The lowest BCUT2D eigenvalue weighted by Crippen LogP contribution is -2.10. The van der Waals surface area contributed by atoms with Gasteiger partial charge in [-0.05, 0) is 11.4 Å². The van der Waals surface area contributed by atoms with E-state index in [1.54, 1.807) is 29.7 Å². The summed E-state index contributed by atoms with van der Waals surface area (Å²) in [5, 5.41) is 8.02. The van der Waals surface area contributed by atoms with E-state index < -0.39 is 0 Å². The summed E-state index contributed by atoms with van der Waals surface area (Å²) in [4.78, 5) is 17.3. The van der Waals surface area contributed by atoms with Crippen LogP contribution in [0, 0.1) is 0 Å². The van der Waals surface area contributed by atoms with Gasteiger partial charge in [-0.2, -0.15) is 11.3 Å². The first kappa shape index (κ1) is 16.4. The Morgan fingerprint density at radius 3 is 2.80 bits per heavy atom. The van der Waals surface area contributed by atoms with Crippen molar-refractivity contribution >= 4 is 45.9 Å². The SMILES string of the molecule is O=C(Nc1cc2c(cc1Cl)OCCCO2)c1cnc(-c2ccsc2)s1. The maximum Gasteiger partial charge on any atom is 0.267 e. The summed E-state index contributed by atoms with van der Waals surface area (Å²) in [5.41, 5.74) is 1.50. The quantitative estimate of drug-likeness (QED) is 0.685. The highest BCUT2D eigenvalue weighted by Gasteiger charge is 2.17. The maximum absolute atomic E-state index is 12.5. The molecule has 1 aliphatic heterocycles. The fraction of sp³-hybridized carbons (Fsp3) is 0.176. The highest BCUT2D eigenvalue weighted by Crippen LogP contribution is 2.38. The Bertz CT molecular complexity index is 909. The molecule has 5 nitrogen and oxygen atoms in total. The highest BCUT2D eigenvalue weighted by atomic mass is 35.5. The van der Waals surface area contributed by atoms with E-state index in [9.17, 15) is 4.79 Å². The third-order valence-corrected chi connectivity index (χ3v) is 5.62. The van der Waals surface area contributed by atoms with Crippen molar-refractivity contribution in [2.24, 2.45) is 0 Å². The normalized spacial score (nSPS) is 13.3. The number of thiazole rings is 1. The number of carbonyl (C=O) groups is 1. The van der Waals surface area contributed by atoms with Crippen LogP contribution in [0.15, 0.2) is 35.2 Å². The van der Waals surface area contributed by atoms with Crippen LogP contribution in [-0.2, 0) is 0 Å². The summed E-state index contributed by atoms with van der Waals surface area (Å²) < 4.78 is 11.2. The predicted octanol–water partition coefficient (Wildman–Crippen LogP) is 4.94. The zero-order chi connectivity index (χ0) is 17.2. The van der Waals surface area contributed by atoms with E-state index >= 15 is 0 Å². The zero-order valence-electron chi connectivity index (χ0n) is 13.0. The summed E-state index contributed by atoms with van der Waals surface area (Å²) in [6, 6.07) is 5.34. The Labute approximate surface area is 157 Å². The number of anilines is 1. The molecule has 0 aliphatic carbocycles. The van der Waals surface area contributed by atoms with Crippen molar-refractivity contribution in [2.45, 2.75) is 6.42 Å². The number of nitrogens with one attached hydrogen (secondary N) is 1. The van der Waals surface area contributed by atoms with Gasteiger partial charge in [0, 0.05) is 29.5 Å². The Kier molecular flexibility index (Phi) is 4.61. The van der Waals surface area contributed by atoms with Crippen molar-refractivity contribution in [1.82, 2.24) is 4.98 Å². The van der Waals surface area contributed by atoms with E-state index in [1.165, 1.54) is 11.3 Å². The van der Waals surface area contributed by atoms with Gasteiger partial charge in [-0.25, -0.2) is 4.98 Å². The molecule has 1 N–H and O–H groups in total. The number of thiophene rings is 1. The van der Waals surface area contributed by atoms with Crippen molar-refractivity contribution in [3.8, 4) is 22.1 Å². The number of aromatic nitrogens is 1. The topological polar surface area (TPSA) is 60.5 Å². The van der Waals surface area contributed by atoms with Gasteiger partial charge in [0.25, 0.3) is 5.91 Å². The molecule has 1 amide bonds. The van der Waals surface area contributed by atoms with Crippen molar-refractivity contribution < 1.29 is 14.3 Å². The Hall–Kier alpha value is -2.09. The maximum atomic E-state index is 12.5. The van der Waals surface area contributed by atoms with Gasteiger partial charge in [0.1, 0.15) is 9.88 Å².